The van der Waals surface area contributed by atoms with E-state index in [1.165, 1.54) is 13.8 Å². The molecule has 0 aliphatic rings. The average Bonchev–Trinajstić information content (AvgIpc) is 2.79. The minimum Gasteiger partial charge on any atom is -0.478 e. The third kappa shape index (κ3) is 3.94. The van der Waals surface area contributed by atoms with Crippen LogP contribution in [0.25, 0.3) is 0 Å². The molecular weight excluding hydrogens is 264 g/mol. The van der Waals surface area contributed by atoms with Crippen LogP contribution in [0.2, 0.25) is 0 Å². The number of nitrogens with one attached hydrogen (secondary N) is 2. The standard InChI is InChI=1S/C12H16N4O4/c1-7(8(2)11(18)19)10(17)15-12(20)14-6-9-13-4-5-16(9)3/h4-5H,6H2,1-3H3,(H,18,19)(H2,14,15,17,20). The molecule has 0 saturated heterocycles. The Bertz CT molecular complexity index is 574. The molecule has 0 atom stereocenters. The van der Waals surface area contributed by atoms with Gasteiger partial charge in [0.05, 0.1) is 6.54 Å². The second-order valence-corrected chi connectivity index (χ2v) is 4.15. The van der Waals surface area contributed by atoms with Crippen LogP contribution in [0.4, 0.5) is 4.79 Å². The predicted octanol–water partition coefficient (Wildman–Crippen LogP) is 0.167. The quantitative estimate of drug-likeness (QED) is 0.680. The maximum atomic E-state index is 11.6. The number of nitrogens with zero attached hydrogens (tertiary/aromatic N) is 2. The summed E-state index contributed by atoms with van der Waals surface area (Å²) in [5, 5.41) is 13.3. The summed E-state index contributed by atoms with van der Waals surface area (Å²) in [6.07, 6.45) is 3.31. The van der Waals surface area contributed by atoms with E-state index in [9.17, 15) is 14.4 Å². The Labute approximate surface area is 115 Å². The smallest absolute Gasteiger partial charge is 0.331 e. The number of imide groups is 1. The molecule has 20 heavy (non-hydrogen) atoms. The van der Waals surface area contributed by atoms with E-state index in [2.05, 4.69) is 15.6 Å². The molecule has 0 saturated carbocycles. The number of carboxylic acid groups (broad SMARTS) is 1. The van der Waals surface area contributed by atoms with Crippen LogP contribution in [0.5, 0.6) is 0 Å². The van der Waals surface area contributed by atoms with Gasteiger partial charge in [-0.3, -0.25) is 10.1 Å². The molecule has 108 valence electrons. The fraction of sp³-hybridized carbons (Fsp3) is 0.333. The molecule has 1 aromatic heterocycles. The van der Waals surface area contributed by atoms with E-state index in [1.54, 1.807) is 24.0 Å². The zero-order valence-corrected chi connectivity index (χ0v) is 11.4. The van der Waals surface area contributed by atoms with Gasteiger partial charge >= 0.3 is 12.0 Å². The van der Waals surface area contributed by atoms with Crippen molar-refractivity contribution >= 4 is 17.9 Å². The first-order valence-corrected chi connectivity index (χ1v) is 5.79. The summed E-state index contributed by atoms with van der Waals surface area (Å²) in [6, 6.07) is -0.712. The number of urea groups is 1. The third-order valence-electron chi connectivity index (χ3n) is 2.78. The lowest BCUT2D eigenvalue weighted by molar-refractivity contribution is -0.133. The Morgan fingerprint density at radius 1 is 1.30 bits per heavy atom. The first-order chi connectivity index (χ1) is 9.32. The SMILES string of the molecule is CC(C(=O)O)=C(C)C(=O)NC(=O)NCc1nccn1C. The van der Waals surface area contributed by atoms with Gasteiger partial charge in [0.2, 0.25) is 0 Å². The molecule has 0 unspecified atom stereocenters. The van der Waals surface area contributed by atoms with Crippen molar-refractivity contribution in [1.82, 2.24) is 20.2 Å². The number of carboxylic acids is 1. The number of hydrogen-bond donors (Lipinski definition) is 3. The molecule has 8 heteroatoms. The highest BCUT2D eigenvalue weighted by atomic mass is 16.4. The molecular formula is C12H16N4O4. The normalized spacial score (nSPS) is 11.6. The first-order valence-electron chi connectivity index (χ1n) is 5.79. The van der Waals surface area contributed by atoms with E-state index in [0.717, 1.165) is 0 Å². The van der Waals surface area contributed by atoms with Gasteiger partial charge in [0.15, 0.2) is 0 Å². The van der Waals surface area contributed by atoms with Gasteiger partial charge in [-0.25, -0.2) is 14.6 Å². The lowest BCUT2D eigenvalue weighted by atomic mass is 10.1. The Kier molecular flexibility index (Phi) is 5.01. The van der Waals surface area contributed by atoms with Crippen molar-refractivity contribution in [1.29, 1.82) is 0 Å². The van der Waals surface area contributed by atoms with E-state index in [4.69, 9.17) is 5.11 Å². The van der Waals surface area contributed by atoms with Crippen molar-refractivity contribution in [2.24, 2.45) is 7.05 Å². The summed E-state index contributed by atoms with van der Waals surface area (Å²) in [7, 11) is 1.77. The van der Waals surface area contributed by atoms with Crippen molar-refractivity contribution in [2.45, 2.75) is 20.4 Å². The van der Waals surface area contributed by atoms with E-state index in [-0.39, 0.29) is 17.7 Å². The Balaban J connectivity index is 2.55. The molecule has 3 N–H and O–H groups in total. The molecule has 8 nitrogen and oxygen atoms in total. The molecule has 1 rings (SSSR count). The van der Waals surface area contributed by atoms with Gasteiger partial charge in [0, 0.05) is 30.6 Å². The highest BCUT2D eigenvalue weighted by Gasteiger charge is 2.15. The lowest BCUT2D eigenvalue weighted by Gasteiger charge is -2.08. The van der Waals surface area contributed by atoms with Gasteiger partial charge in [-0.1, -0.05) is 0 Å². The third-order valence-corrected chi connectivity index (χ3v) is 2.78. The van der Waals surface area contributed by atoms with Crippen LogP contribution in [0, 0.1) is 0 Å². The monoisotopic (exact) mass is 280 g/mol. The number of aromatic nitrogens is 2. The summed E-state index contributed by atoms with van der Waals surface area (Å²) >= 11 is 0. The van der Waals surface area contributed by atoms with Gasteiger partial charge < -0.3 is 15.0 Å². The summed E-state index contributed by atoms with van der Waals surface area (Å²) < 4.78 is 1.72. The maximum absolute atomic E-state index is 11.6. The van der Waals surface area contributed by atoms with Crippen LogP contribution in [0.3, 0.4) is 0 Å². The first kappa shape index (κ1) is 15.4. The van der Waals surface area contributed by atoms with Crippen LogP contribution in [0.15, 0.2) is 23.5 Å². The van der Waals surface area contributed by atoms with Crippen molar-refractivity contribution in [3.63, 3.8) is 0 Å². The van der Waals surface area contributed by atoms with Crippen molar-refractivity contribution in [3.05, 3.63) is 29.4 Å². The number of aliphatic carboxylic acids is 1. The summed E-state index contributed by atoms with van der Waals surface area (Å²) in [5.41, 5.74) is -0.135. The van der Waals surface area contributed by atoms with E-state index in [0.29, 0.717) is 5.82 Å². The predicted molar refractivity (Wildman–Crippen MR) is 69.6 cm³/mol. The van der Waals surface area contributed by atoms with Crippen molar-refractivity contribution in [2.75, 3.05) is 0 Å². The zero-order chi connectivity index (χ0) is 15.3. The Morgan fingerprint density at radius 2 is 1.95 bits per heavy atom. The molecule has 0 aliphatic carbocycles. The largest absolute Gasteiger partial charge is 0.478 e. The summed E-state index contributed by atoms with van der Waals surface area (Å²) in [4.78, 5) is 37.8. The van der Waals surface area contributed by atoms with E-state index < -0.39 is 17.9 Å². The van der Waals surface area contributed by atoms with Gasteiger partial charge in [0.25, 0.3) is 5.91 Å². The molecule has 0 spiro atoms. The average molecular weight is 280 g/mol. The van der Waals surface area contributed by atoms with Crippen LogP contribution in [-0.2, 0) is 23.2 Å². The zero-order valence-electron chi connectivity index (χ0n) is 11.4. The molecule has 0 fully saturated rings. The Morgan fingerprint density at radius 3 is 2.45 bits per heavy atom. The highest BCUT2D eigenvalue weighted by Crippen LogP contribution is 2.03. The topological polar surface area (TPSA) is 113 Å². The van der Waals surface area contributed by atoms with Crippen LogP contribution in [0.1, 0.15) is 19.7 Å². The lowest BCUT2D eigenvalue weighted by Crippen LogP contribution is -2.40. The summed E-state index contributed by atoms with van der Waals surface area (Å²) in [6.45, 7) is 2.79. The molecule has 1 heterocycles. The number of carbonyl (C=O) groups excluding carboxylic acids is 2. The molecule has 1 aromatic rings. The second kappa shape index (κ2) is 6.50. The number of amides is 3. The maximum Gasteiger partial charge on any atom is 0.331 e. The molecule has 0 radical (unpaired) electrons. The number of aryl methyl sites for hydroxylation is 1. The van der Waals surface area contributed by atoms with Gasteiger partial charge in [0.1, 0.15) is 5.82 Å². The minimum atomic E-state index is -1.20. The van der Waals surface area contributed by atoms with Crippen LogP contribution < -0.4 is 10.6 Å². The number of imidazole rings is 1. The highest BCUT2D eigenvalue weighted by molar-refractivity contribution is 6.07. The van der Waals surface area contributed by atoms with Crippen molar-refractivity contribution in [3.8, 4) is 0 Å². The summed E-state index contributed by atoms with van der Waals surface area (Å²) in [5.74, 6) is -1.32. The van der Waals surface area contributed by atoms with E-state index in [1.807, 2.05) is 0 Å². The fourth-order valence-electron chi connectivity index (χ4n) is 1.30. The molecule has 3 amide bonds. The number of hydrogen-bond acceptors (Lipinski definition) is 4. The Hall–Kier alpha value is -2.64. The molecule has 0 aromatic carbocycles. The molecule has 0 bridgehead atoms. The van der Waals surface area contributed by atoms with Crippen LogP contribution >= 0.6 is 0 Å². The number of carbonyl (C=O) groups is 3. The van der Waals surface area contributed by atoms with Crippen LogP contribution in [-0.4, -0.2) is 32.6 Å². The second-order valence-electron chi connectivity index (χ2n) is 4.15. The number of rotatable bonds is 4. The van der Waals surface area contributed by atoms with Crippen molar-refractivity contribution < 1.29 is 19.5 Å². The fourth-order valence-corrected chi connectivity index (χ4v) is 1.30. The van der Waals surface area contributed by atoms with Gasteiger partial charge in [-0.05, 0) is 13.8 Å². The molecule has 0 aliphatic heterocycles. The minimum absolute atomic E-state index is 0.0235. The van der Waals surface area contributed by atoms with Gasteiger partial charge in [-0.2, -0.15) is 0 Å². The van der Waals surface area contributed by atoms with Gasteiger partial charge in [-0.15, -0.1) is 0 Å². The van der Waals surface area contributed by atoms with E-state index >= 15 is 0 Å².